The monoisotopic (exact) mass is 304 g/mol. The van der Waals surface area contributed by atoms with Crippen molar-refractivity contribution in [2.45, 2.75) is 53.7 Å². The molecule has 0 aliphatic heterocycles. The highest BCUT2D eigenvalue weighted by atomic mass is 32.1. The second kappa shape index (κ2) is 8.55. The highest BCUT2D eigenvalue weighted by molar-refractivity contribution is 7.78. The quantitative estimate of drug-likeness (QED) is 0.660. The lowest BCUT2D eigenvalue weighted by molar-refractivity contribution is 0.00750. The summed E-state index contributed by atoms with van der Waals surface area (Å²) in [4.78, 5) is 16.2. The Kier molecular flexibility index (Phi) is 8.29. The molecule has 0 radical (unpaired) electrons. The van der Waals surface area contributed by atoms with Crippen LogP contribution in [0.5, 0.6) is 0 Å². The van der Waals surface area contributed by atoms with Gasteiger partial charge in [-0.15, -0.1) is 11.3 Å². The lowest BCUT2D eigenvalue weighted by atomic mass is 10.2. The van der Waals surface area contributed by atoms with Crippen molar-refractivity contribution >= 4 is 30.1 Å². The van der Waals surface area contributed by atoms with Gasteiger partial charge in [0.15, 0.2) is 0 Å². The Morgan fingerprint density at radius 2 is 2.00 bits per heavy atom. The van der Waals surface area contributed by atoms with Crippen LogP contribution in [0.1, 0.15) is 56.2 Å². The Labute approximate surface area is 125 Å². The zero-order valence-electron chi connectivity index (χ0n) is 12.5. The Bertz CT molecular complexity index is 381. The number of esters is 1. The molecular formula is C13H24N2O2S2. The van der Waals surface area contributed by atoms with Gasteiger partial charge in [-0.3, -0.25) is 4.72 Å². The topological polar surface area (TPSA) is 51.2 Å². The Balaban J connectivity index is 0.000000711. The van der Waals surface area contributed by atoms with Gasteiger partial charge < -0.3 is 4.74 Å². The van der Waals surface area contributed by atoms with Gasteiger partial charge in [0.1, 0.15) is 15.5 Å². The predicted molar refractivity (Wildman–Crippen MR) is 83.6 cm³/mol. The van der Waals surface area contributed by atoms with E-state index in [1.54, 1.807) is 0 Å². The molecular weight excluding hydrogens is 280 g/mol. The first-order valence-electron chi connectivity index (χ1n) is 6.20. The molecule has 0 aliphatic rings. The molecule has 6 heteroatoms. The molecule has 1 aromatic heterocycles. The third-order valence-corrected chi connectivity index (χ3v) is 2.52. The average molecular weight is 304 g/mol. The molecule has 1 aromatic rings. The van der Waals surface area contributed by atoms with Crippen LogP contribution in [-0.2, 0) is 11.3 Å². The number of carbonyl (C=O) groups is 1. The first-order valence-corrected chi connectivity index (χ1v) is 7.47. The van der Waals surface area contributed by atoms with E-state index in [2.05, 4.69) is 43.3 Å². The van der Waals surface area contributed by atoms with Crippen molar-refractivity contribution in [1.82, 2.24) is 9.71 Å². The van der Waals surface area contributed by atoms with Crippen LogP contribution in [0.3, 0.4) is 0 Å². The highest BCUT2D eigenvalue weighted by Crippen LogP contribution is 2.17. The number of thiol groups is 1. The third kappa shape index (κ3) is 9.92. The molecule has 4 nitrogen and oxygen atoms in total. The minimum Gasteiger partial charge on any atom is -0.456 e. The van der Waals surface area contributed by atoms with E-state index in [0.29, 0.717) is 11.4 Å². The Hall–Kier alpha value is -0.590. The van der Waals surface area contributed by atoms with Crippen molar-refractivity contribution < 1.29 is 9.53 Å². The molecule has 0 amide bonds. The summed E-state index contributed by atoms with van der Waals surface area (Å²) in [6.07, 6.45) is 1.53. The van der Waals surface area contributed by atoms with E-state index >= 15 is 0 Å². The standard InChI is InChI=1S/C9H14N2O2S2.C4H10/c1-9(2,3)13-8(12)6-4-10-7(15-6)5-11-14;1-4(2)3/h4,11,14H,5H2,1-3H3;4H,1-3H3. The van der Waals surface area contributed by atoms with Crippen LogP contribution in [0.25, 0.3) is 0 Å². The fraction of sp³-hybridized carbons (Fsp3) is 0.692. The molecule has 0 aliphatic carbocycles. The van der Waals surface area contributed by atoms with Crippen LogP contribution >= 0.6 is 24.2 Å². The third-order valence-electron chi connectivity index (χ3n) is 1.38. The first kappa shape index (κ1) is 18.4. The maximum atomic E-state index is 11.6. The maximum absolute atomic E-state index is 11.6. The molecule has 1 heterocycles. The summed E-state index contributed by atoms with van der Waals surface area (Å²) in [5.41, 5.74) is -0.469. The van der Waals surface area contributed by atoms with Gasteiger partial charge in [-0.2, -0.15) is 0 Å². The molecule has 0 atom stereocenters. The summed E-state index contributed by atoms with van der Waals surface area (Å²) in [7, 11) is 0. The van der Waals surface area contributed by atoms with Crippen LogP contribution in [-0.4, -0.2) is 16.6 Å². The normalized spacial score (nSPS) is 10.9. The average Bonchev–Trinajstić information content (AvgIpc) is 2.63. The maximum Gasteiger partial charge on any atom is 0.350 e. The molecule has 0 aromatic carbocycles. The van der Waals surface area contributed by atoms with Crippen molar-refractivity contribution in [1.29, 1.82) is 0 Å². The van der Waals surface area contributed by atoms with Crippen LogP contribution in [0.15, 0.2) is 6.20 Å². The van der Waals surface area contributed by atoms with E-state index in [0.717, 1.165) is 10.9 Å². The summed E-state index contributed by atoms with van der Waals surface area (Å²) in [5, 5.41) is 0.811. The number of aromatic nitrogens is 1. The fourth-order valence-electron chi connectivity index (χ4n) is 0.882. The molecule has 0 fully saturated rings. The molecule has 0 bridgehead atoms. The Morgan fingerprint density at radius 1 is 1.47 bits per heavy atom. The summed E-state index contributed by atoms with van der Waals surface area (Å²) in [6, 6.07) is 0. The molecule has 1 N–H and O–H groups in total. The molecule has 0 spiro atoms. The summed E-state index contributed by atoms with van der Waals surface area (Å²) >= 11 is 5.17. The number of nitrogens with one attached hydrogen (secondary N) is 1. The second-order valence-corrected chi connectivity index (χ2v) is 7.12. The van der Waals surface area contributed by atoms with Gasteiger partial charge in [-0.25, -0.2) is 9.78 Å². The van der Waals surface area contributed by atoms with Crippen LogP contribution in [0, 0.1) is 5.92 Å². The molecule has 1 rings (SSSR count). The van der Waals surface area contributed by atoms with Crippen LogP contribution < -0.4 is 4.72 Å². The molecule has 0 saturated carbocycles. The van der Waals surface area contributed by atoms with E-state index in [9.17, 15) is 4.79 Å². The molecule has 0 saturated heterocycles. The van der Waals surface area contributed by atoms with E-state index in [1.807, 2.05) is 20.8 Å². The largest absolute Gasteiger partial charge is 0.456 e. The number of thiazole rings is 1. The van der Waals surface area contributed by atoms with Gasteiger partial charge in [-0.1, -0.05) is 33.6 Å². The van der Waals surface area contributed by atoms with Crippen molar-refractivity contribution in [3.05, 3.63) is 16.1 Å². The summed E-state index contributed by atoms with van der Waals surface area (Å²) < 4.78 is 7.88. The van der Waals surface area contributed by atoms with E-state index in [-0.39, 0.29) is 5.97 Å². The number of hydrogen-bond donors (Lipinski definition) is 2. The highest BCUT2D eigenvalue weighted by Gasteiger charge is 2.19. The van der Waals surface area contributed by atoms with Crippen molar-refractivity contribution in [3.8, 4) is 0 Å². The molecule has 110 valence electrons. The lowest BCUT2D eigenvalue weighted by Gasteiger charge is -2.18. The molecule has 0 unspecified atom stereocenters. The summed E-state index contributed by atoms with van der Waals surface area (Å²) in [6.45, 7) is 12.5. The van der Waals surface area contributed by atoms with E-state index in [1.165, 1.54) is 17.5 Å². The minimum absolute atomic E-state index is 0.328. The summed E-state index contributed by atoms with van der Waals surface area (Å²) in [5.74, 6) is 0.505. The second-order valence-electron chi connectivity index (χ2n) is 5.69. The minimum atomic E-state index is -0.469. The number of rotatable bonds is 3. The van der Waals surface area contributed by atoms with Crippen molar-refractivity contribution in [2.75, 3.05) is 0 Å². The Morgan fingerprint density at radius 3 is 2.42 bits per heavy atom. The van der Waals surface area contributed by atoms with E-state index in [4.69, 9.17) is 4.74 Å². The van der Waals surface area contributed by atoms with Gasteiger partial charge in [0.2, 0.25) is 0 Å². The van der Waals surface area contributed by atoms with Gasteiger partial charge in [0.25, 0.3) is 0 Å². The van der Waals surface area contributed by atoms with Crippen molar-refractivity contribution in [3.63, 3.8) is 0 Å². The van der Waals surface area contributed by atoms with Crippen LogP contribution in [0.2, 0.25) is 0 Å². The predicted octanol–water partition coefficient (Wildman–Crippen LogP) is 3.70. The zero-order chi connectivity index (χ0) is 15.1. The number of nitrogens with zero attached hydrogens (tertiary/aromatic N) is 1. The van der Waals surface area contributed by atoms with Gasteiger partial charge in [-0.05, 0) is 26.7 Å². The zero-order valence-corrected chi connectivity index (χ0v) is 14.2. The SMILES string of the molecule is CC(C)(C)OC(=O)c1cnc(CNS)s1.CC(C)C. The lowest BCUT2D eigenvalue weighted by Crippen LogP contribution is -2.23. The number of hydrogen-bond acceptors (Lipinski definition) is 6. The number of carbonyl (C=O) groups excluding carboxylic acids is 1. The first-order chi connectivity index (χ1) is 8.65. The van der Waals surface area contributed by atoms with E-state index < -0.39 is 5.60 Å². The van der Waals surface area contributed by atoms with Crippen LogP contribution in [0.4, 0.5) is 0 Å². The smallest absolute Gasteiger partial charge is 0.350 e. The van der Waals surface area contributed by atoms with Crippen molar-refractivity contribution in [2.24, 2.45) is 5.92 Å². The van der Waals surface area contributed by atoms with Gasteiger partial charge in [0.05, 0.1) is 12.7 Å². The van der Waals surface area contributed by atoms with Gasteiger partial charge in [0, 0.05) is 0 Å². The number of ether oxygens (including phenoxy) is 1. The van der Waals surface area contributed by atoms with Gasteiger partial charge >= 0.3 is 5.97 Å². The molecule has 19 heavy (non-hydrogen) atoms. The fourth-order valence-corrected chi connectivity index (χ4v) is 1.87.